The van der Waals surface area contributed by atoms with Crippen molar-refractivity contribution in [2.75, 3.05) is 18.5 Å². The van der Waals surface area contributed by atoms with Crippen molar-refractivity contribution in [2.45, 2.75) is 32.7 Å². The first-order chi connectivity index (χ1) is 13.8. The van der Waals surface area contributed by atoms with Crippen LogP contribution in [-0.2, 0) is 26.3 Å². The Kier molecular flexibility index (Phi) is 5.73. The van der Waals surface area contributed by atoms with E-state index in [0.29, 0.717) is 11.4 Å². The van der Waals surface area contributed by atoms with Gasteiger partial charge in [0.05, 0.1) is 18.4 Å². The number of esters is 1. The van der Waals surface area contributed by atoms with Gasteiger partial charge in [-0.3, -0.25) is 14.5 Å². The van der Waals surface area contributed by atoms with Gasteiger partial charge < -0.3 is 19.8 Å². The molecule has 3 heterocycles. The van der Waals surface area contributed by atoms with E-state index in [2.05, 4.69) is 10.6 Å². The smallest absolute Gasteiger partial charge is 0.341 e. The lowest BCUT2D eigenvalue weighted by molar-refractivity contribution is -0.134. The molecule has 0 bridgehead atoms. The molecule has 0 radical (unpaired) electrons. The minimum absolute atomic E-state index is 0.206. The zero-order valence-electron chi connectivity index (χ0n) is 16.2. The highest BCUT2D eigenvalue weighted by molar-refractivity contribution is 7.16. The Morgan fingerprint density at radius 3 is 2.72 bits per heavy atom. The van der Waals surface area contributed by atoms with Crippen LogP contribution in [0.2, 0.25) is 0 Å². The fourth-order valence-electron chi connectivity index (χ4n) is 2.95. The maximum Gasteiger partial charge on any atom is 0.341 e. The van der Waals surface area contributed by atoms with Gasteiger partial charge in [-0.05, 0) is 38.5 Å². The van der Waals surface area contributed by atoms with E-state index in [4.69, 9.17) is 9.15 Å². The number of ether oxygens (including phenoxy) is 1. The predicted molar refractivity (Wildman–Crippen MR) is 105 cm³/mol. The van der Waals surface area contributed by atoms with E-state index in [0.717, 1.165) is 9.78 Å². The number of thiophene rings is 1. The van der Waals surface area contributed by atoms with E-state index >= 15 is 0 Å². The van der Waals surface area contributed by atoms with Gasteiger partial charge in [-0.25, -0.2) is 9.59 Å². The number of nitrogens with one attached hydrogen (secondary N) is 2. The van der Waals surface area contributed by atoms with E-state index in [9.17, 15) is 19.2 Å². The molecular formula is C19H21N3O6S. The standard InChI is InChI=1S/C19H21N3O6S/c1-4-11-9-12(16(24)27-5-2)15(29-11)20-14(23)10-22-17(25)19(3,21-18(22)26)13-7-6-8-28-13/h6-9H,4-5,10H2,1-3H3,(H,20,23)(H,21,26)/t19-/m1/s1. The number of imide groups is 1. The maximum atomic E-state index is 12.8. The largest absolute Gasteiger partial charge is 0.466 e. The summed E-state index contributed by atoms with van der Waals surface area (Å²) in [5.74, 6) is -1.47. The van der Waals surface area contributed by atoms with Crippen LogP contribution in [0.1, 0.15) is 41.8 Å². The van der Waals surface area contributed by atoms with Crippen molar-refractivity contribution in [3.05, 3.63) is 40.7 Å². The number of carbonyl (C=O) groups excluding carboxylic acids is 4. The second-order valence-corrected chi connectivity index (χ2v) is 7.64. The van der Waals surface area contributed by atoms with Crippen LogP contribution in [0.4, 0.5) is 9.80 Å². The Morgan fingerprint density at radius 2 is 2.10 bits per heavy atom. The van der Waals surface area contributed by atoms with Crippen molar-refractivity contribution in [2.24, 2.45) is 0 Å². The van der Waals surface area contributed by atoms with Crippen LogP contribution >= 0.6 is 11.3 Å². The third-order valence-corrected chi connectivity index (χ3v) is 5.67. The molecule has 1 fully saturated rings. The van der Waals surface area contributed by atoms with Gasteiger partial charge in [-0.2, -0.15) is 0 Å². The fraction of sp³-hybridized carbons (Fsp3) is 0.368. The van der Waals surface area contributed by atoms with Gasteiger partial charge in [0.25, 0.3) is 5.91 Å². The molecule has 1 atom stereocenters. The van der Waals surface area contributed by atoms with Crippen LogP contribution < -0.4 is 10.6 Å². The summed E-state index contributed by atoms with van der Waals surface area (Å²) >= 11 is 1.25. The van der Waals surface area contributed by atoms with E-state index in [1.165, 1.54) is 24.5 Å². The van der Waals surface area contributed by atoms with E-state index < -0.39 is 35.9 Å². The summed E-state index contributed by atoms with van der Waals surface area (Å²) in [5.41, 5.74) is -1.13. The number of anilines is 1. The SMILES string of the molecule is CCOC(=O)c1cc(CC)sc1NC(=O)CN1C(=O)N[C@](C)(c2ccco2)C1=O. The molecule has 0 saturated carbocycles. The second-order valence-electron chi connectivity index (χ2n) is 6.50. The summed E-state index contributed by atoms with van der Waals surface area (Å²) in [4.78, 5) is 51.4. The third kappa shape index (κ3) is 3.88. The molecule has 0 aromatic carbocycles. The maximum absolute atomic E-state index is 12.8. The summed E-state index contributed by atoms with van der Waals surface area (Å²) in [6, 6.07) is 4.15. The van der Waals surface area contributed by atoms with Gasteiger partial charge in [-0.1, -0.05) is 6.92 Å². The van der Waals surface area contributed by atoms with E-state index in [1.807, 2.05) is 6.92 Å². The summed E-state index contributed by atoms with van der Waals surface area (Å²) in [7, 11) is 0. The predicted octanol–water partition coefficient (Wildman–Crippen LogP) is 2.49. The Hall–Kier alpha value is -3.14. The van der Waals surface area contributed by atoms with E-state index in [1.54, 1.807) is 25.1 Å². The molecule has 1 aliphatic rings. The lowest BCUT2D eigenvalue weighted by Gasteiger charge is -2.18. The molecule has 2 aromatic rings. The average Bonchev–Trinajstić information content (AvgIpc) is 3.39. The molecule has 29 heavy (non-hydrogen) atoms. The molecule has 3 rings (SSSR count). The molecule has 9 nitrogen and oxygen atoms in total. The van der Waals surface area contributed by atoms with Crippen LogP contribution in [0.25, 0.3) is 0 Å². The van der Waals surface area contributed by atoms with Crippen molar-refractivity contribution < 1.29 is 28.3 Å². The Balaban J connectivity index is 1.75. The van der Waals surface area contributed by atoms with Gasteiger partial charge >= 0.3 is 12.0 Å². The second kappa shape index (κ2) is 8.08. The van der Waals surface area contributed by atoms with Crippen LogP contribution in [0.3, 0.4) is 0 Å². The van der Waals surface area contributed by atoms with Crippen LogP contribution in [0.15, 0.2) is 28.9 Å². The number of carbonyl (C=O) groups is 4. The van der Waals surface area contributed by atoms with Crippen molar-refractivity contribution in [3.63, 3.8) is 0 Å². The van der Waals surface area contributed by atoms with E-state index in [-0.39, 0.29) is 17.9 Å². The average molecular weight is 419 g/mol. The zero-order chi connectivity index (χ0) is 21.2. The number of amides is 4. The number of hydrogen-bond acceptors (Lipinski definition) is 7. The molecule has 0 spiro atoms. The topological polar surface area (TPSA) is 118 Å². The fourth-order valence-corrected chi connectivity index (χ4v) is 3.95. The molecule has 0 unspecified atom stereocenters. The molecule has 2 aromatic heterocycles. The first-order valence-electron chi connectivity index (χ1n) is 9.07. The number of furan rings is 1. The molecule has 4 amide bonds. The quantitative estimate of drug-likeness (QED) is 0.526. The van der Waals surface area contributed by atoms with Gasteiger partial charge in [0.2, 0.25) is 5.91 Å². The summed E-state index contributed by atoms with van der Waals surface area (Å²) in [6.45, 7) is 4.83. The summed E-state index contributed by atoms with van der Waals surface area (Å²) in [6.07, 6.45) is 2.08. The summed E-state index contributed by atoms with van der Waals surface area (Å²) < 4.78 is 10.3. The molecule has 1 aliphatic heterocycles. The monoisotopic (exact) mass is 419 g/mol. The number of aryl methyl sites for hydroxylation is 1. The lowest BCUT2D eigenvalue weighted by atomic mass is 9.99. The molecule has 10 heteroatoms. The van der Waals surface area contributed by atoms with Crippen molar-refractivity contribution in [1.29, 1.82) is 0 Å². The highest BCUT2D eigenvalue weighted by Crippen LogP contribution is 2.31. The first-order valence-corrected chi connectivity index (χ1v) is 9.89. The zero-order valence-corrected chi connectivity index (χ0v) is 17.1. The Morgan fingerprint density at radius 1 is 1.34 bits per heavy atom. The molecule has 0 aliphatic carbocycles. The molecule has 154 valence electrons. The van der Waals surface area contributed by atoms with Crippen LogP contribution in [0.5, 0.6) is 0 Å². The number of hydrogen-bond donors (Lipinski definition) is 2. The first kappa shape index (κ1) is 20.6. The molecular weight excluding hydrogens is 398 g/mol. The van der Waals surface area contributed by atoms with Crippen molar-refractivity contribution in [3.8, 4) is 0 Å². The molecule has 1 saturated heterocycles. The van der Waals surface area contributed by atoms with Gasteiger partial charge in [0.1, 0.15) is 17.3 Å². The number of urea groups is 1. The van der Waals surface area contributed by atoms with Crippen molar-refractivity contribution in [1.82, 2.24) is 10.2 Å². The number of nitrogens with zero attached hydrogens (tertiary/aromatic N) is 1. The number of rotatable bonds is 7. The Labute approximate surface area is 171 Å². The van der Waals surface area contributed by atoms with Crippen molar-refractivity contribution >= 4 is 40.2 Å². The molecule has 2 N–H and O–H groups in total. The Bertz CT molecular complexity index is 951. The van der Waals surface area contributed by atoms with Crippen LogP contribution in [0, 0.1) is 0 Å². The third-order valence-electron chi connectivity index (χ3n) is 4.47. The van der Waals surface area contributed by atoms with Gasteiger partial charge in [0, 0.05) is 4.88 Å². The minimum Gasteiger partial charge on any atom is -0.466 e. The lowest BCUT2D eigenvalue weighted by Crippen LogP contribution is -2.41. The normalized spacial score (nSPS) is 18.7. The summed E-state index contributed by atoms with van der Waals surface area (Å²) in [5, 5.41) is 5.49. The minimum atomic E-state index is -1.38. The van der Waals surface area contributed by atoms with Crippen LogP contribution in [-0.4, -0.2) is 41.9 Å². The van der Waals surface area contributed by atoms with Gasteiger partial charge in [-0.15, -0.1) is 11.3 Å². The van der Waals surface area contributed by atoms with Gasteiger partial charge in [0.15, 0.2) is 5.54 Å². The highest BCUT2D eigenvalue weighted by Gasteiger charge is 2.51. The highest BCUT2D eigenvalue weighted by atomic mass is 32.1.